The molecule has 0 spiro atoms. The van der Waals surface area contributed by atoms with Gasteiger partial charge in [-0.3, -0.25) is 9.36 Å². The molecule has 7 nitrogen and oxygen atoms in total. The van der Waals surface area contributed by atoms with Crippen LogP contribution in [0.15, 0.2) is 35.7 Å². The van der Waals surface area contributed by atoms with Gasteiger partial charge >= 0.3 is 0 Å². The lowest BCUT2D eigenvalue weighted by Crippen LogP contribution is -2.36. The maximum Gasteiger partial charge on any atom is 0.270 e. The number of sulfone groups is 1. The fraction of sp³-hybridized carbons (Fsp3) is 0.438. The van der Waals surface area contributed by atoms with E-state index in [4.69, 9.17) is 0 Å². The van der Waals surface area contributed by atoms with Gasteiger partial charge in [-0.15, -0.1) is 0 Å². The topological polar surface area (TPSA) is 94.0 Å². The largest absolute Gasteiger partial charge is 0.348 e. The average molecular weight is 348 g/mol. The quantitative estimate of drug-likeness (QED) is 0.908. The summed E-state index contributed by atoms with van der Waals surface area (Å²) in [4.78, 5) is 20.8. The van der Waals surface area contributed by atoms with Gasteiger partial charge in [0.1, 0.15) is 17.8 Å². The Morgan fingerprint density at radius 3 is 2.62 bits per heavy atom. The lowest BCUT2D eigenvalue weighted by atomic mass is 9.95. The van der Waals surface area contributed by atoms with Crippen molar-refractivity contribution in [2.24, 2.45) is 0 Å². The Bertz CT molecular complexity index is 825. The van der Waals surface area contributed by atoms with Crippen LogP contribution in [0.3, 0.4) is 0 Å². The zero-order valence-electron chi connectivity index (χ0n) is 13.5. The van der Waals surface area contributed by atoms with Gasteiger partial charge in [0, 0.05) is 30.8 Å². The van der Waals surface area contributed by atoms with Crippen LogP contribution in [0.2, 0.25) is 0 Å². The number of hydrogen-bond acceptors (Lipinski definition) is 5. The van der Waals surface area contributed by atoms with Crippen LogP contribution in [0.25, 0.3) is 5.82 Å². The van der Waals surface area contributed by atoms with E-state index in [9.17, 15) is 13.2 Å². The van der Waals surface area contributed by atoms with Crippen molar-refractivity contribution in [3.63, 3.8) is 0 Å². The fourth-order valence-corrected chi connectivity index (χ4v) is 3.50. The Kier molecular flexibility index (Phi) is 4.66. The molecule has 1 saturated carbocycles. The molecule has 1 amide bonds. The standard InChI is InChI=1S/C16H20N4O3S/c1-24(22,23)13-9-14(16(21)18-12-5-3-2-4-6-12)19-15(10-13)20-8-7-17-11-20/h7-12H,2-6H2,1H3,(H,18,21). The van der Waals surface area contributed by atoms with Gasteiger partial charge in [-0.1, -0.05) is 19.3 Å². The highest BCUT2D eigenvalue weighted by Gasteiger charge is 2.20. The molecule has 0 atom stereocenters. The Morgan fingerprint density at radius 1 is 1.25 bits per heavy atom. The maximum absolute atomic E-state index is 12.5. The second-order valence-corrected chi connectivity index (χ2v) is 8.11. The van der Waals surface area contributed by atoms with E-state index in [1.54, 1.807) is 17.0 Å². The number of amides is 1. The van der Waals surface area contributed by atoms with E-state index in [0.717, 1.165) is 31.9 Å². The molecular weight excluding hydrogens is 328 g/mol. The van der Waals surface area contributed by atoms with Gasteiger partial charge < -0.3 is 5.32 Å². The van der Waals surface area contributed by atoms with E-state index in [1.165, 1.54) is 24.9 Å². The average Bonchev–Trinajstić information content (AvgIpc) is 3.09. The number of imidazole rings is 1. The summed E-state index contributed by atoms with van der Waals surface area (Å²) in [5.41, 5.74) is 0.104. The third kappa shape index (κ3) is 3.81. The van der Waals surface area contributed by atoms with E-state index >= 15 is 0 Å². The number of rotatable bonds is 4. The maximum atomic E-state index is 12.5. The molecule has 0 bridgehead atoms. The van der Waals surface area contributed by atoms with Crippen molar-refractivity contribution in [3.8, 4) is 5.82 Å². The molecule has 2 aromatic heterocycles. The highest BCUT2D eigenvalue weighted by Crippen LogP contribution is 2.19. The second kappa shape index (κ2) is 6.72. The van der Waals surface area contributed by atoms with Crippen molar-refractivity contribution < 1.29 is 13.2 Å². The molecule has 2 heterocycles. The van der Waals surface area contributed by atoms with Gasteiger partial charge in [0.05, 0.1) is 4.90 Å². The minimum Gasteiger partial charge on any atom is -0.348 e. The van der Waals surface area contributed by atoms with Crippen molar-refractivity contribution in [1.82, 2.24) is 19.9 Å². The fourth-order valence-electron chi connectivity index (χ4n) is 2.86. The molecule has 2 aromatic rings. The first-order chi connectivity index (χ1) is 11.4. The van der Waals surface area contributed by atoms with Crippen molar-refractivity contribution in [1.29, 1.82) is 0 Å². The van der Waals surface area contributed by atoms with E-state index in [-0.39, 0.29) is 22.5 Å². The number of pyridine rings is 1. The van der Waals surface area contributed by atoms with E-state index < -0.39 is 9.84 Å². The molecule has 0 unspecified atom stereocenters. The molecule has 0 aromatic carbocycles. The van der Waals surface area contributed by atoms with Gasteiger partial charge in [0.15, 0.2) is 9.84 Å². The molecule has 0 aliphatic heterocycles. The van der Waals surface area contributed by atoms with E-state index in [2.05, 4.69) is 15.3 Å². The summed E-state index contributed by atoms with van der Waals surface area (Å²) >= 11 is 0. The SMILES string of the molecule is CS(=O)(=O)c1cc(C(=O)NC2CCCCC2)nc(-n2ccnc2)c1. The first kappa shape index (κ1) is 16.6. The van der Waals surface area contributed by atoms with E-state index in [0.29, 0.717) is 5.82 Å². The van der Waals surface area contributed by atoms with Gasteiger partial charge in [-0.05, 0) is 18.9 Å². The van der Waals surface area contributed by atoms with Crippen molar-refractivity contribution in [2.45, 2.75) is 43.0 Å². The van der Waals surface area contributed by atoms with Gasteiger partial charge in [-0.2, -0.15) is 0 Å². The molecule has 1 aliphatic carbocycles. The first-order valence-electron chi connectivity index (χ1n) is 7.95. The molecule has 0 radical (unpaired) electrons. The summed E-state index contributed by atoms with van der Waals surface area (Å²) in [6, 6.07) is 2.90. The normalized spacial score (nSPS) is 16.0. The molecular formula is C16H20N4O3S. The highest BCUT2D eigenvalue weighted by molar-refractivity contribution is 7.90. The van der Waals surface area contributed by atoms with Crippen LogP contribution in [0.1, 0.15) is 42.6 Å². The van der Waals surface area contributed by atoms with Crippen molar-refractivity contribution in [2.75, 3.05) is 6.26 Å². The predicted molar refractivity (Wildman–Crippen MR) is 88.8 cm³/mol. The first-order valence-corrected chi connectivity index (χ1v) is 9.84. The van der Waals surface area contributed by atoms with Crippen molar-refractivity contribution in [3.05, 3.63) is 36.5 Å². The lowest BCUT2D eigenvalue weighted by molar-refractivity contribution is 0.0922. The Balaban J connectivity index is 1.94. The summed E-state index contributed by atoms with van der Waals surface area (Å²) in [7, 11) is -3.46. The molecule has 1 N–H and O–H groups in total. The van der Waals surface area contributed by atoms with Crippen LogP contribution < -0.4 is 5.32 Å². The number of carbonyl (C=O) groups is 1. The van der Waals surface area contributed by atoms with Crippen LogP contribution >= 0.6 is 0 Å². The number of aromatic nitrogens is 3. The highest BCUT2D eigenvalue weighted by atomic mass is 32.2. The zero-order chi connectivity index (χ0) is 17.2. The third-order valence-corrected chi connectivity index (χ3v) is 5.25. The summed E-state index contributed by atoms with van der Waals surface area (Å²) in [5, 5.41) is 2.97. The summed E-state index contributed by atoms with van der Waals surface area (Å²) < 4.78 is 25.4. The van der Waals surface area contributed by atoms with Crippen LogP contribution in [0.5, 0.6) is 0 Å². The van der Waals surface area contributed by atoms with Crippen molar-refractivity contribution >= 4 is 15.7 Å². The van der Waals surface area contributed by atoms with E-state index in [1.807, 2.05) is 0 Å². The zero-order valence-corrected chi connectivity index (χ0v) is 14.3. The van der Waals surface area contributed by atoms with Crippen LogP contribution in [0.4, 0.5) is 0 Å². The van der Waals surface area contributed by atoms with Gasteiger partial charge in [-0.25, -0.2) is 18.4 Å². The minimum atomic E-state index is -3.46. The van der Waals surface area contributed by atoms with Gasteiger partial charge in [0.2, 0.25) is 0 Å². The number of nitrogens with zero attached hydrogens (tertiary/aromatic N) is 3. The Hall–Kier alpha value is -2.22. The molecule has 1 aliphatic rings. The van der Waals surface area contributed by atoms with Crippen LogP contribution in [-0.4, -0.2) is 41.2 Å². The molecule has 3 rings (SSSR count). The number of nitrogens with one attached hydrogen (secondary N) is 1. The molecule has 8 heteroatoms. The molecule has 0 saturated heterocycles. The molecule has 24 heavy (non-hydrogen) atoms. The third-order valence-electron chi connectivity index (χ3n) is 4.16. The summed E-state index contributed by atoms with van der Waals surface area (Å²) in [6.45, 7) is 0. The van der Waals surface area contributed by atoms with Crippen LogP contribution in [-0.2, 0) is 9.84 Å². The number of carbonyl (C=O) groups excluding carboxylic acids is 1. The Labute approximate surface area is 141 Å². The monoisotopic (exact) mass is 348 g/mol. The van der Waals surface area contributed by atoms with Gasteiger partial charge in [0.25, 0.3) is 5.91 Å². The summed E-state index contributed by atoms with van der Waals surface area (Å²) in [5.74, 6) is 0.0120. The molecule has 128 valence electrons. The smallest absolute Gasteiger partial charge is 0.270 e. The Morgan fingerprint density at radius 2 is 2.00 bits per heavy atom. The van der Waals surface area contributed by atoms with Crippen LogP contribution in [0, 0.1) is 0 Å². The second-order valence-electron chi connectivity index (χ2n) is 6.10. The molecule has 1 fully saturated rings. The predicted octanol–water partition coefficient (Wildman–Crippen LogP) is 1.73. The number of hydrogen-bond donors (Lipinski definition) is 1. The summed E-state index contributed by atoms with van der Waals surface area (Å²) in [6.07, 6.45) is 11.1. The minimum absolute atomic E-state index is 0.0648. The lowest BCUT2D eigenvalue weighted by Gasteiger charge is -2.22.